The third kappa shape index (κ3) is 1.84. The average molecular weight is 251 g/mol. The lowest BCUT2D eigenvalue weighted by molar-refractivity contribution is 0.246. The Hall–Kier alpha value is -1.38. The highest BCUT2D eigenvalue weighted by molar-refractivity contribution is 7.92. The largest absolute Gasteiger partial charge is 0.395 e. The second kappa shape index (κ2) is 3.83. The van der Waals surface area contributed by atoms with Gasteiger partial charge in [-0.3, -0.25) is 0 Å². The number of nitrogens with zero attached hydrogens (tertiary/aromatic N) is 1. The molecule has 0 saturated heterocycles. The second-order valence-electron chi connectivity index (χ2n) is 4.48. The van der Waals surface area contributed by atoms with Gasteiger partial charge in [0.15, 0.2) is 9.84 Å². The van der Waals surface area contributed by atoms with Crippen LogP contribution in [0.3, 0.4) is 0 Å². The lowest BCUT2D eigenvalue weighted by Gasteiger charge is -2.06. The molecular formula is C12H13NO3S. The first-order valence-electron chi connectivity index (χ1n) is 5.29. The van der Waals surface area contributed by atoms with Crippen molar-refractivity contribution in [3.63, 3.8) is 0 Å². The molecule has 0 bridgehead atoms. The maximum Gasteiger partial charge on any atom is 0.182 e. The fourth-order valence-electron chi connectivity index (χ4n) is 1.89. The Bertz CT molecular complexity index is 571. The smallest absolute Gasteiger partial charge is 0.182 e. The third-order valence-corrected chi connectivity index (χ3v) is 5.53. The van der Waals surface area contributed by atoms with Gasteiger partial charge in [0.2, 0.25) is 0 Å². The number of rotatable bonds is 3. The summed E-state index contributed by atoms with van der Waals surface area (Å²) in [5.41, 5.74) is -0.113. The first-order chi connectivity index (χ1) is 7.96. The summed E-state index contributed by atoms with van der Waals surface area (Å²) in [6.45, 7) is 1.47. The van der Waals surface area contributed by atoms with Gasteiger partial charge >= 0.3 is 0 Å². The molecule has 0 aliphatic heterocycles. The van der Waals surface area contributed by atoms with E-state index in [4.69, 9.17) is 10.4 Å². The maximum atomic E-state index is 12.2. The highest BCUT2D eigenvalue weighted by Gasteiger charge is 2.62. The summed E-state index contributed by atoms with van der Waals surface area (Å²) >= 11 is 0. The van der Waals surface area contributed by atoms with Crippen LogP contribution >= 0.6 is 0 Å². The van der Waals surface area contributed by atoms with E-state index in [1.54, 1.807) is 24.3 Å². The van der Waals surface area contributed by atoms with Crippen LogP contribution in [0.25, 0.3) is 0 Å². The van der Waals surface area contributed by atoms with Crippen molar-refractivity contribution in [3.05, 3.63) is 29.8 Å². The molecule has 90 valence electrons. The van der Waals surface area contributed by atoms with Gasteiger partial charge in [0.05, 0.1) is 28.2 Å². The van der Waals surface area contributed by atoms with Crippen LogP contribution in [0.1, 0.15) is 12.0 Å². The Morgan fingerprint density at radius 3 is 2.47 bits per heavy atom. The minimum atomic E-state index is -3.50. The van der Waals surface area contributed by atoms with Gasteiger partial charge < -0.3 is 5.11 Å². The van der Waals surface area contributed by atoms with Crippen LogP contribution in [0.15, 0.2) is 29.2 Å². The quantitative estimate of drug-likeness (QED) is 0.870. The Morgan fingerprint density at radius 2 is 2.06 bits per heavy atom. The number of sulfone groups is 1. The number of aliphatic hydroxyl groups is 1. The molecule has 2 rings (SSSR count). The molecule has 1 aromatic rings. The summed E-state index contributed by atoms with van der Waals surface area (Å²) in [6.07, 6.45) is 0.218. The van der Waals surface area contributed by atoms with E-state index in [9.17, 15) is 8.42 Å². The molecule has 0 aromatic heterocycles. The second-order valence-corrected chi connectivity index (χ2v) is 6.61. The van der Waals surface area contributed by atoms with Crippen LogP contribution in [0.4, 0.5) is 0 Å². The molecule has 5 heteroatoms. The zero-order valence-corrected chi connectivity index (χ0v) is 10.2. The molecular weight excluding hydrogens is 238 g/mol. The van der Waals surface area contributed by atoms with Crippen LogP contribution in [0.5, 0.6) is 0 Å². The van der Waals surface area contributed by atoms with Gasteiger partial charge in [0.25, 0.3) is 0 Å². The zero-order chi connectivity index (χ0) is 12.7. The predicted molar refractivity (Wildman–Crippen MR) is 61.9 cm³/mol. The summed E-state index contributed by atoms with van der Waals surface area (Å²) < 4.78 is 24.4. The number of hydrogen-bond donors (Lipinski definition) is 1. The minimum absolute atomic E-state index is 0.218. The van der Waals surface area contributed by atoms with Gasteiger partial charge in [-0.05, 0) is 25.5 Å². The number of benzene rings is 1. The topological polar surface area (TPSA) is 78.2 Å². The van der Waals surface area contributed by atoms with Crippen molar-refractivity contribution in [3.8, 4) is 6.07 Å². The predicted octanol–water partition coefficient (Wildman–Crippen LogP) is 1.04. The molecule has 1 aliphatic carbocycles. The molecule has 17 heavy (non-hydrogen) atoms. The normalized spacial score (nSPS) is 27.5. The fourth-order valence-corrected chi connectivity index (χ4v) is 3.97. The van der Waals surface area contributed by atoms with E-state index >= 15 is 0 Å². The molecule has 1 saturated carbocycles. The van der Waals surface area contributed by atoms with E-state index in [-0.39, 0.29) is 11.3 Å². The summed E-state index contributed by atoms with van der Waals surface area (Å²) in [4.78, 5) is 0.221. The van der Waals surface area contributed by atoms with E-state index in [0.29, 0.717) is 0 Å². The van der Waals surface area contributed by atoms with Gasteiger partial charge in [-0.25, -0.2) is 8.42 Å². The molecule has 0 unspecified atom stereocenters. The van der Waals surface area contributed by atoms with E-state index in [2.05, 4.69) is 0 Å². The average Bonchev–Trinajstić information content (AvgIpc) is 3.06. The Labute approximate surface area is 100 Å². The Morgan fingerprint density at radius 1 is 1.47 bits per heavy atom. The van der Waals surface area contributed by atoms with Crippen LogP contribution in [-0.2, 0) is 9.84 Å². The van der Waals surface area contributed by atoms with Crippen molar-refractivity contribution < 1.29 is 13.5 Å². The van der Waals surface area contributed by atoms with E-state index in [1.165, 1.54) is 0 Å². The van der Waals surface area contributed by atoms with Gasteiger partial charge in [-0.15, -0.1) is 0 Å². The molecule has 1 aromatic carbocycles. The van der Waals surface area contributed by atoms with Crippen LogP contribution < -0.4 is 0 Å². The first kappa shape index (κ1) is 12.1. The van der Waals surface area contributed by atoms with E-state index in [0.717, 1.165) is 5.56 Å². The fraction of sp³-hybridized carbons (Fsp3) is 0.417. The minimum Gasteiger partial charge on any atom is -0.395 e. The van der Waals surface area contributed by atoms with Crippen molar-refractivity contribution >= 4 is 9.84 Å². The molecule has 2 atom stereocenters. The number of nitriles is 1. The molecule has 4 nitrogen and oxygen atoms in total. The van der Waals surface area contributed by atoms with E-state index in [1.807, 2.05) is 13.0 Å². The molecule has 0 spiro atoms. The van der Waals surface area contributed by atoms with Crippen molar-refractivity contribution in [1.29, 1.82) is 5.26 Å². The number of hydrogen-bond acceptors (Lipinski definition) is 4. The van der Waals surface area contributed by atoms with Gasteiger partial charge in [0.1, 0.15) is 0 Å². The Balaban J connectivity index is 2.35. The highest BCUT2D eigenvalue weighted by atomic mass is 32.2. The highest BCUT2D eigenvalue weighted by Crippen LogP contribution is 2.51. The maximum absolute atomic E-state index is 12.2. The monoisotopic (exact) mass is 251 g/mol. The standard InChI is InChI=1S/C12H13NO3S/c1-9-2-4-10(5-3-9)17(15,16)11-6-12(11,7-13)8-14/h2-5,11,14H,6,8H2,1H3/t11-,12+/m1/s1. The lowest BCUT2D eigenvalue weighted by Crippen LogP contribution is -2.18. The van der Waals surface area contributed by atoms with Gasteiger partial charge in [0, 0.05) is 0 Å². The van der Waals surface area contributed by atoms with Gasteiger partial charge in [-0.2, -0.15) is 5.26 Å². The lowest BCUT2D eigenvalue weighted by atomic mass is 10.2. The molecule has 1 fully saturated rings. The molecule has 0 amide bonds. The first-order valence-corrected chi connectivity index (χ1v) is 6.83. The SMILES string of the molecule is Cc1ccc(S(=O)(=O)[C@@H]2C[C@]2(C#N)CO)cc1. The number of aliphatic hydroxyl groups excluding tert-OH is 1. The van der Waals surface area contributed by atoms with E-state index < -0.39 is 27.1 Å². The summed E-state index contributed by atoms with van der Waals surface area (Å²) in [7, 11) is -3.50. The summed E-state index contributed by atoms with van der Waals surface area (Å²) in [5.74, 6) is 0. The van der Waals surface area contributed by atoms with Crippen LogP contribution in [-0.4, -0.2) is 25.4 Å². The van der Waals surface area contributed by atoms with Crippen molar-refractivity contribution in [1.82, 2.24) is 0 Å². The third-order valence-electron chi connectivity index (χ3n) is 3.23. The molecule has 0 heterocycles. The summed E-state index contributed by atoms with van der Waals surface area (Å²) in [6, 6.07) is 8.45. The molecule has 0 radical (unpaired) electrons. The molecule has 1 aliphatic rings. The summed E-state index contributed by atoms with van der Waals surface area (Å²) in [5, 5.41) is 17.2. The van der Waals surface area contributed by atoms with Crippen molar-refractivity contribution in [2.75, 3.05) is 6.61 Å². The van der Waals surface area contributed by atoms with Crippen LogP contribution in [0, 0.1) is 23.7 Å². The molecule has 1 N–H and O–H groups in total. The van der Waals surface area contributed by atoms with Crippen molar-refractivity contribution in [2.24, 2.45) is 5.41 Å². The Kier molecular flexibility index (Phi) is 2.72. The van der Waals surface area contributed by atoms with Crippen LogP contribution in [0.2, 0.25) is 0 Å². The van der Waals surface area contributed by atoms with Crippen molar-refractivity contribution in [2.45, 2.75) is 23.5 Å². The zero-order valence-electron chi connectivity index (χ0n) is 9.42. The number of aryl methyl sites for hydroxylation is 1. The van der Waals surface area contributed by atoms with Gasteiger partial charge in [-0.1, -0.05) is 17.7 Å².